The minimum Gasteiger partial charge on any atom is -0.508 e. The van der Waals surface area contributed by atoms with Gasteiger partial charge in [-0.05, 0) is 183 Å². The second-order valence-electron chi connectivity index (χ2n) is 24.4. The van der Waals surface area contributed by atoms with E-state index in [2.05, 4.69) is 51.1 Å². The Bertz CT molecular complexity index is 2820. The van der Waals surface area contributed by atoms with Gasteiger partial charge in [-0.1, -0.05) is 85.6 Å². The first kappa shape index (κ1) is 61.6. The van der Waals surface area contributed by atoms with Gasteiger partial charge >= 0.3 is 12.1 Å². The van der Waals surface area contributed by atoms with Crippen LogP contribution < -0.4 is 48.7 Å². The standard InChI is InChI=1S/C62H87N9O10/c1-8-50(73)70-51(37(2)3)54(76)68-46(15-11-33-65-57(64)79)52(74)66-41-22-16-38(17-23-41)36-81-58(80)69-47(14-9-10-32-63)53(75)67-42-24-18-39-20-26-48-59(4,44(39)34-42)28-12-30-61(48,6)55(77)71-56(78)62(7)31-13-29-60(5)45-35-43(72)25-19-40(45)21-27-49(60)62/h16-19,22-25,34-35,37,46-49,51,72H,8-15,20-21,26-33,36,63H2,1-7H3,(H,66,74)(H,67,75)(H,68,76)(H,69,80)(H,70,73)(H3,64,65,79)(H,71,77,78)/t46-,47-,48+,49+,51-,59+,60+,61-,62-/m0/s1. The molecule has 12 N–H and O–H groups in total. The van der Waals surface area contributed by atoms with Crippen molar-refractivity contribution < 1.29 is 48.2 Å². The fourth-order valence-corrected chi connectivity index (χ4v) is 14.0. The number of anilines is 2. The van der Waals surface area contributed by atoms with Crippen LogP contribution in [0.5, 0.6) is 5.75 Å². The average Bonchev–Trinajstić information content (AvgIpc) is 3.62. The molecule has 2 saturated carbocycles. The number of alkyl carbamates (subject to hydrolysis) is 1. The van der Waals surface area contributed by atoms with E-state index in [9.17, 15) is 43.5 Å². The number of primary amides is 1. The number of nitrogens with one attached hydrogen (secondary N) is 7. The summed E-state index contributed by atoms with van der Waals surface area (Å²) >= 11 is 0. The summed E-state index contributed by atoms with van der Waals surface area (Å²) in [5.74, 6) is -2.35. The monoisotopic (exact) mass is 1120 g/mol. The van der Waals surface area contributed by atoms with Crippen molar-refractivity contribution in [1.82, 2.24) is 26.6 Å². The van der Waals surface area contributed by atoms with Gasteiger partial charge in [0.25, 0.3) is 0 Å². The smallest absolute Gasteiger partial charge is 0.408 e. The number of phenols is 1. The van der Waals surface area contributed by atoms with Gasteiger partial charge < -0.3 is 53.2 Å². The van der Waals surface area contributed by atoms with Crippen molar-refractivity contribution in [1.29, 1.82) is 0 Å². The van der Waals surface area contributed by atoms with E-state index in [1.807, 2.05) is 44.2 Å². The third-order valence-corrected chi connectivity index (χ3v) is 18.6. The molecule has 0 unspecified atom stereocenters. The number of phenolic OH excluding ortho intramolecular Hbond substituents is 1. The Morgan fingerprint density at radius 3 is 1.78 bits per heavy atom. The number of fused-ring (bicyclic) bond motifs is 6. The predicted molar refractivity (Wildman–Crippen MR) is 309 cm³/mol. The molecule has 0 bridgehead atoms. The number of aryl methyl sites for hydroxylation is 2. The van der Waals surface area contributed by atoms with E-state index in [-0.39, 0.29) is 72.6 Å². The van der Waals surface area contributed by atoms with E-state index < -0.39 is 64.2 Å². The maximum absolute atomic E-state index is 14.8. The molecule has 0 aromatic heterocycles. The van der Waals surface area contributed by atoms with E-state index in [0.717, 1.165) is 68.1 Å². The van der Waals surface area contributed by atoms with Crippen molar-refractivity contribution in [2.45, 2.75) is 187 Å². The van der Waals surface area contributed by atoms with Crippen molar-refractivity contribution in [3.05, 3.63) is 88.5 Å². The molecule has 0 spiro atoms. The highest BCUT2D eigenvalue weighted by atomic mass is 16.5. The van der Waals surface area contributed by atoms with Gasteiger partial charge in [-0.15, -0.1) is 0 Å². The molecule has 2 fully saturated rings. The summed E-state index contributed by atoms with van der Waals surface area (Å²) in [6.45, 7) is 14.2. The number of aromatic hydroxyl groups is 1. The second kappa shape index (κ2) is 26.3. The highest BCUT2D eigenvalue weighted by Gasteiger charge is 2.58. The highest BCUT2D eigenvalue weighted by Crippen LogP contribution is 2.60. The number of unbranched alkanes of at least 4 members (excludes halogenated alkanes) is 1. The molecular weight excluding hydrogens is 1030 g/mol. The van der Waals surface area contributed by atoms with Crippen LogP contribution in [0.15, 0.2) is 60.7 Å². The summed E-state index contributed by atoms with van der Waals surface area (Å²) in [4.78, 5) is 107. The Hall–Kier alpha value is -7.02. The number of benzene rings is 3. The Balaban J connectivity index is 0.969. The van der Waals surface area contributed by atoms with Crippen LogP contribution in [0.3, 0.4) is 0 Å². The number of rotatable bonds is 22. The van der Waals surface area contributed by atoms with E-state index in [4.69, 9.17) is 16.2 Å². The molecule has 9 atom stereocenters. The summed E-state index contributed by atoms with van der Waals surface area (Å²) < 4.78 is 5.59. The van der Waals surface area contributed by atoms with Crippen LogP contribution in [0, 0.1) is 28.6 Å². The molecule has 0 heterocycles. The molecule has 4 aliphatic carbocycles. The van der Waals surface area contributed by atoms with Crippen LogP contribution in [-0.4, -0.2) is 83.9 Å². The fourth-order valence-electron chi connectivity index (χ4n) is 14.0. The van der Waals surface area contributed by atoms with Crippen LogP contribution in [-0.2, 0) is 63.8 Å². The van der Waals surface area contributed by atoms with Crippen LogP contribution in [0.4, 0.5) is 21.0 Å². The van der Waals surface area contributed by atoms with Crippen molar-refractivity contribution >= 4 is 58.9 Å². The first-order valence-electron chi connectivity index (χ1n) is 29.2. The van der Waals surface area contributed by atoms with Gasteiger partial charge in [0.15, 0.2) is 0 Å². The summed E-state index contributed by atoms with van der Waals surface area (Å²) in [5.41, 5.74) is 14.8. The third-order valence-electron chi connectivity index (χ3n) is 18.6. The van der Waals surface area contributed by atoms with Gasteiger partial charge in [-0.3, -0.25) is 34.1 Å². The summed E-state index contributed by atoms with van der Waals surface area (Å²) in [5, 5.41) is 30.1. The number of urea groups is 1. The second-order valence-corrected chi connectivity index (χ2v) is 24.4. The van der Waals surface area contributed by atoms with Gasteiger partial charge in [-0.2, -0.15) is 0 Å². The first-order valence-corrected chi connectivity index (χ1v) is 29.2. The van der Waals surface area contributed by atoms with Gasteiger partial charge in [-0.25, -0.2) is 9.59 Å². The quantitative estimate of drug-likeness (QED) is 0.0346. The van der Waals surface area contributed by atoms with Crippen molar-refractivity contribution in [3.8, 4) is 5.75 Å². The molecule has 19 nitrogen and oxygen atoms in total. The molecule has 7 rings (SSSR count). The summed E-state index contributed by atoms with van der Waals surface area (Å²) in [7, 11) is 0. The lowest BCUT2D eigenvalue weighted by molar-refractivity contribution is -0.150. The number of imide groups is 1. The molecule has 0 radical (unpaired) electrons. The van der Waals surface area contributed by atoms with Crippen molar-refractivity contribution in [2.24, 2.45) is 40.1 Å². The Morgan fingerprint density at radius 2 is 1.21 bits per heavy atom. The zero-order chi connectivity index (χ0) is 58.9. The van der Waals surface area contributed by atoms with Gasteiger partial charge in [0.05, 0.1) is 10.8 Å². The van der Waals surface area contributed by atoms with Crippen LogP contribution in [0.2, 0.25) is 0 Å². The van der Waals surface area contributed by atoms with Gasteiger partial charge in [0.2, 0.25) is 35.4 Å². The maximum Gasteiger partial charge on any atom is 0.408 e. The molecule has 3 aromatic carbocycles. The number of amides is 9. The van der Waals surface area contributed by atoms with Gasteiger partial charge in [0.1, 0.15) is 30.5 Å². The number of hydrogen-bond donors (Lipinski definition) is 10. The maximum atomic E-state index is 14.8. The molecular formula is C62H87N9O10. The van der Waals surface area contributed by atoms with E-state index in [1.165, 1.54) is 5.56 Å². The molecule has 3 aromatic rings. The molecule has 440 valence electrons. The first-order chi connectivity index (χ1) is 38.4. The van der Waals surface area contributed by atoms with Crippen LogP contribution in [0.1, 0.15) is 166 Å². The van der Waals surface area contributed by atoms with Crippen molar-refractivity contribution in [2.75, 3.05) is 23.7 Å². The lowest BCUT2D eigenvalue weighted by Gasteiger charge is -2.56. The zero-order valence-electron chi connectivity index (χ0n) is 48.4. The normalized spacial score (nSPS) is 24.7. The molecule has 4 aliphatic rings. The lowest BCUT2D eigenvalue weighted by atomic mass is 9.49. The third kappa shape index (κ3) is 14.0. The Morgan fingerprint density at radius 1 is 0.667 bits per heavy atom. The molecule has 9 amide bonds. The fraction of sp³-hybridized carbons (Fsp3) is 0.581. The minimum atomic E-state index is -1.02. The Labute approximate surface area is 476 Å². The number of ether oxygens (including phenoxy) is 1. The number of hydrogen-bond acceptors (Lipinski definition) is 11. The number of carbonyl (C=O) groups is 8. The largest absolute Gasteiger partial charge is 0.508 e. The topological polar surface area (TPSA) is 302 Å². The molecule has 19 heteroatoms. The van der Waals surface area contributed by atoms with Gasteiger partial charge in [0, 0.05) is 24.3 Å². The molecule has 81 heavy (non-hydrogen) atoms. The zero-order valence-corrected chi connectivity index (χ0v) is 48.4. The van der Waals surface area contributed by atoms with Crippen LogP contribution >= 0.6 is 0 Å². The Kier molecular flexibility index (Phi) is 20.0. The van der Waals surface area contributed by atoms with E-state index in [0.29, 0.717) is 62.0 Å². The van der Waals surface area contributed by atoms with E-state index in [1.54, 1.807) is 51.1 Å². The SMILES string of the molecule is CCC(=O)N[C@H](C(=O)N[C@@H](CCCNC(N)=O)C(=O)Nc1ccc(COC(=O)N[C@@H](CCCCN)C(=O)Nc2ccc3c(c2)[C@@]2(C)CCC[C@](C)(C(=O)NC(=O)[C@@]4(C)CCC[C@]5(C)c6cc(O)ccc6CC[C@@H]45)[C@@H]2CC3)cc1)C(C)C. The minimum absolute atomic E-state index is 0.00544. The average molecular weight is 1120 g/mol. The predicted octanol–water partition coefficient (Wildman–Crippen LogP) is 7.54. The number of nitrogens with two attached hydrogens (primary N) is 2. The lowest BCUT2D eigenvalue weighted by Crippen LogP contribution is -2.60. The number of carbonyl (C=O) groups excluding carboxylic acids is 8. The molecule has 0 saturated heterocycles. The van der Waals surface area contributed by atoms with Crippen LogP contribution in [0.25, 0.3) is 0 Å². The van der Waals surface area contributed by atoms with E-state index >= 15 is 0 Å². The summed E-state index contributed by atoms with van der Waals surface area (Å²) in [6.07, 6.45) is 9.17. The van der Waals surface area contributed by atoms with Crippen molar-refractivity contribution in [3.63, 3.8) is 0 Å². The summed E-state index contributed by atoms with van der Waals surface area (Å²) in [6, 6.07) is 14.5. The molecule has 0 aliphatic heterocycles. The highest BCUT2D eigenvalue weighted by molar-refractivity contribution is 6.01.